The maximum absolute atomic E-state index is 12.7. The summed E-state index contributed by atoms with van der Waals surface area (Å²) < 4.78 is 37.0. The van der Waals surface area contributed by atoms with Crippen LogP contribution in [-0.4, -0.2) is 39.3 Å². The predicted octanol–water partition coefficient (Wildman–Crippen LogP) is 2.71. The van der Waals surface area contributed by atoms with Crippen LogP contribution in [0, 0.1) is 0 Å². The molecule has 2 aromatic rings. The van der Waals surface area contributed by atoms with E-state index in [1.165, 1.54) is 4.31 Å². The smallest absolute Gasteiger partial charge is 0.261 e. The highest BCUT2D eigenvalue weighted by Gasteiger charge is 2.30. The summed E-state index contributed by atoms with van der Waals surface area (Å²) in [6.45, 7) is 4.45. The van der Waals surface area contributed by atoms with Gasteiger partial charge in [0.15, 0.2) is 6.10 Å². The van der Waals surface area contributed by atoms with E-state index in [0.29, 0.717) is 18.0 Å². The Hall–Kier alpha value is -2.74. The van der Waals surface area contributed by atoms with Crippen molar-refractivity contribution in [3.8, 4) is 11.5 Å². The van der Waals surface area contributed by atoms with E-state index in [1.54, 1.807) is 24.3 Å². The van der Waals surface area contributed by atoms with Gasteiger partial charge in [0.1, 0.15) is 11.5 Å². The van der Waals surface area contributed by atoms with Gasteiger partial charge in [-0.25, -0.2) is 8.42 Å². The van der Waals surface area contributed by atoms with Crippen LogP contribution in [-0.2, 0) is 21.4 Å². The van der Waals surface area contributed by atoms with E-state index in [4.69, 9.17) is 9.47 Å². The van der Waals surface area contributed by atoms with Gasteiger partial charge >= 0.3 is 0 Å². The number of fused-ring (bicyclic) bond motifs is 1. The van der Waals surface area contributed by atoms with Crippen molar-refractivity contribution in [1.29, 1.82) is 0 Å². The molecule has 0 saturated carbocycles. The standard InChI is InChI=1S/C21H26N2O5S/c1-15(2)27-17-10-8-16(9-11-17)14-22-21(24)20-12-13-23(29(3,25)26)18-6-4-5-7-19(18)28-20/h4-11,15,20H,12-14H2,1-3H3,(H,22,24)/t20-/m1/s1. The second kappa shape index (κ2) is 8.73. The number of nitrogens with zero attached hydrogens (tertiary/aromatic N) is 1. The molecule has 1 heterocycles. The molecule has 1 amide bonds. The van der Waals surface area contributed by atoms with Gasteiger partial charge in [0, 0.05) is 19.5 Å². The van der Waals surface area contributed by atoms with E-state index in [2.05, 4.69) is 5.32 Å². The van der Waals surface area contributed by atoms with Crippen molar-refractivity contribution in [3.05, 3.63) is 54.1 Å². The lowest BCUT2D eigenvalue weighted by Gasteiger charge is -2.20. The molecule has 0 aromatic heterocycles. The fourth-order valence-corrected chi connectivity index (χ4v) is 4.07. The second-order valence-electron chi connectivity index (χ2n) is 7.23. The summed E-state index contributed by atoms with van der Waals surface area (Å²) in [4.78, 5) is 12.7. The van der Waals surface area contributed by atoms with Crippen LogP contribution in [0.2, 0.25) is 0 Å². The summed E-state index contributed by atoms with van der Waals surface area (Å²) in [5.74, 6) is 0.878. The molecule has 7 nitrogen and oxygen atoms in total. The van der Waals surface area contributed by atoms with Crippen LogP contribution in [0.25, 0.3) is 0 Å². The Labute approximate surface area is 171 Å². The predicted molar refractivity (Wildman–Crippen MR) is 112 cm³/mol. The number of hydrogen-bond donors (Lipinski definition) is 1. The van der Waals surface area contributed by atoms with Crippen molar-refractivity contribution in [2.24, 2.45) is 0 Å². The third-order valence-electron chi connectivity index (χ3n) is 4.45. The van der Waals surface area contributed by atoms with E-state index >= 15 is 0 Å². The van der Waals surface area contributed by atoms with E-state index in [0.717, 1.165) is 17.6 Å². The molecule has 1 aliphatic heterocycles. The van der Waals surface area contributed by atoms with E-state index in [-0.39, 0.29) is 25.0 Å². The van der Waals surface area contributed by atoms with Crippen molar-refractivity contribution >= 4 is 21.6 Å². The van der Waals surface area contributed by atoms with Gasteiger partial charge in [-0.05, 0) is 43.7 Å². The fraction of sp³-hybridized carbons (Fsp3) is 0.381. The van der Waals surface area contributed by atoms with Crippen molar-refractivity contribution in [1.82, 2.24) is 5.32 Å². The lowest BCUT2D eigenvalue weighted by Crippen LogP contribution is -2.39. The molecule has 2 aromatic carbocycles. The summed E-state index contributed by atoms with van der Waals surface area (Å²) in [6.07, 6.45) is 0.736. The molecule has 8 heteroatoms. The highest BCUT2D eigenvalue weighted by molar-refractivity contribution is 7.92. The molecule has 0 fully saturated rings. The van der Waals surface area contributed by atoms with Gasteiger partial charge in [-0.3, -0.25) is 9.10 Å². The highest BCUT2D eigenvalue weighted by atomic mass is 32.2. The summed E-state index contributed by atoms with van der Waals surface area (Å²) in [5.41, 5.74) is 1.38. The van der Waals surface area contributed by atoms with Gasteiger partial charge in [-0.2, -0.15) is 0 Å². The van der Waals surface area contributed by atoms with Crippen molar-refractivity contribution in [2.45, 2.75) is 39.0 Å². The normalized spacial score (nSPS) is 16.6. The molecule has 1 aliphatic rings. The first-order valence-electron chi connectivity index (χ1n) is 9.51. The molecular formula is C21H26N2O5S. The molecule has 0 unspecified atom stereocenters. The number of ether oxygens (including phenoxy) is 2. The first-order valence-corrected chi connectivity index (χ1v) is 11.4. The average molecular weight is 419 g/mol. The average Bonchev–Trinajstić information content (AvgIpc) is 2.86. The van der Waals surface area contributed by atoms with Crippen molar-refractivity contribution < 1.29 is 22.7 Å². The van der Waals surface area contributed by atoms with Gasteiger partial charge in [0.25, 0.3) is 5.91 Å². The first-order chi connectivity index (χ1) is 13.7. The number of amides is 1. The maximum Gasteiger partial charge on any atom is 0.261 e. The quantitative estimate of drug-likeness (QED) is 0.780. The molecule has 156 valence electrons. The number of sulfonamides is 1. The lowest BCUT2D eigenvalue weighted by atomic mass is 10.2. The molecule has 0 bridgehead atoms. The summed E-state index contributed by atoms with van der Waals surface area (Å²) >= 11 is 0. The number of nitrogens with one attached hydrogen (secondary N) is 1. The highest BCUT2D eigenvalue weighted by Crippen LogP contribution is 2.33. The molecule has 3 rings (SSSR count). The Kier molecular flexibility index (Phi) is 6.32. The van der Waals surface area contributed by atoms with Gasteiger partial charge < -0.3 is 14.8 Å². The zero-order valence-corrected chi connectivity index (χ0v) is 17.6. The number of carbonyl (C=O) groups excluding carboxylic acids is 1. The van der Waals surface area contributed by atoms with Gasteiger partial charge in [-0.15, -0.1) is 0 Å². The Morgan fingerprint density at radius 2 is 1.90 bits per heavy atom. The second-order valence-corrected chi connectivity index (χ2v) is 9.13. The van der Waals surface area contributed by atoms with Gasteiger partial charge in [-0.1, -0.05) is 24.3 Å². The molecule has 0 saturated heterocycles. The Morgan fingerprint density at radius 3 is 2.55 bits per heavy atom. The number of anilines is 1. The van der Waals surface area contributed by atoms with Gasteiger partial charge in [0.05, 0.1) is 18.0 Å². The fourth-order valence-electron chi connectivity index (χ4n) is 3.12. The van der Waals surface area contributed by atoms with Crippen molar-refractivity contribution in [2.75, 3.05) is 17.1 Å². The minimum atomic E-state index is -3.47. The Bertz CT molecular complexity index is 957. The summed E-state index contributed by atoms with van der Waals surface area (Å²) in [7, 11) is -3.47. The molecule has 0 spiro atoms. The molecule has 29 heavy (non-hydrogen) atoms. The lowest BCUT2D eigenvalue weighted by molar-refractivity contribution is -0.128. The van der Waals surface area contributed by atoms with Crippen LogP contribution < -0.4 is 19.1 Å². The van der Waals surface area contributed by atoms with Crippen LogP contribution in [0.3, 0.4) is 0 Å². The molecule has 0 radical (unpaired) electrons. The Balaban J connectivity index is 1.66. The van der Waals surface area contributed by atoms with Crippen LogP contribution in [0.4, 0.5) is 5.69 Å². The minimum absolute atomic E-state index is 0.0994. The van der Waals surface area contributed by atoms with Crippen LogP contribution in [0.5, 0.6) is 11.5 Å². The summed E-state index contributed by atoms with van der Waals surface area (Å²) in [6, 6.07) is 14.4. The Morgan fingerprint density at radius 1 is 1.21 bits per heavy atom. The zero-order chi connectivity index (χ0) is 21.0. The largest absolute Gasteiger partial charge is 0.491 e. The van der Waals surface area contributed by atoms with Crippen LogP contribution in [0.15, 0.2) is 48.5 Å². The first kappa shape index (κ1) is 21.0. The minimum Gasteiger partial charge on any atom is -0.491 e. The number of carbonyl (C=O) groups is 1. The number of rotatable bonds is 6. The van der Waals surface area contributed by atoms with E-state index in [1.807, 2.05) is 38.1 Å². The van der Waals surface area contributed by atoms with Crippen molar-refractivity contribution in [3.63, 3.8) is 0 Å². The monoisotopic (exact) mass is 418 g/mol. The van der Waals surface area contributed by atoms with E-state index in [9.17, 15) is 13.2 Å². The zero-order valence-electron chi connectivity index (χ0n) is 16.8. The van der Waals surface area contributed by atoms with Crippen LogP contribution >= 0.6 is 0 Å². The third-order valence-corrected chi connectivity index (χ3v) is 5.63. The number of hydrogen-bond acceptors (Lipinski definition) is 5. The maximum atomic E-state index is 12.7. The van der Waals surface area contributed by atoms with Crippen LogP contribution in [0.1, 0.15) is 25.8 Å². The van der Waals surface area contributed by atoms with E-state index < -0.39 is 16.1 Å². The molecule has 1 atom stereocenters. The third kappa shape index (κ3) is 5.41. The topological polar surface area (TPSA) is 84.9 Å². The SMILES string of the molecule is CC(C)Oc1ccc(CNC(=O)[C@H]2CCN(S(C)(=O)=O)c3ccccc3O2)cc1. The molecular weight excluding hydrogens is 392 g/mol. The summed E-state index contributed by atoms with van der Waals surface area (Å²) in [5, 5.41) is 2.87. The number of para-hydroxylation sites is 2. The molecule has 1 N–H and O–H groups in total. The molecule has 0 aliphatic carbocycles. The van der Waals surface area contributed by atoms with Gasteiger partial charge in [0.2, 0.25) is 10.0 Å². The number of benzene rings is 2.